The first kappa shape index (κ1) is 23.0. The molecule has 9 heteroatoms. The zero-order valence-electron chi connectivity index (χ0n) is 20.1. The molecule has 2 aromatic rings. The molecule has 3 aliphatic heterocycles. The first-order valence-electron chi connectivity index (χ1n) is 11.4. The van der Waals surface area contributed by atoms with Crippen molar-refractivity contribution < 1.29 is 28.3 Å². The van der Waals surface area contributed by atoms with E-state index >= 15 is 0 Å². The number of amides is 5. The van der Waals surface area contributed by atoms with E-state index < -0.39 is 58.5 Å². The van der Waals surface area contributed by atoms with Gasteiger partial charge in [0.05, 0.1) is 30.7 Å². The van der Waals surface area contributed by atoms with Crippen LogP contribution in [0.25, 0.3) is 0 Å². The summed E-state index contributed by atoms with van der Waals surface area (Å²) in [6, 6.07) is 10.5. The number of hydrogen-bond acceptors (Lipinski definition) is 5. The van der Waals surface area contributed by atoms with Crippen LogP contribution in [-0.2, 0) is 14.4 Å². The molecule has 4 atom stereocenters. The molecule has 0 radical (unpaired) electrons. The normalized spacial score (nSPS) is 28.2. The van der Waals surface area contributed by atoms with Crippen LogP contribution in [0.4, 0.5) is 14.9 Å². The fourth-order valence-corrected chi connectivity index (χ4v) is 5.84. The van der Waals surface area contributed by atoms with Crippen LogP contribution in [0.15, 0.2) is 48.5 Å². The third-order valence-electron chi connectivity index (χ3n) is 7.30. The van der Waals surface area contributed by atoms with Gasteiger partial charge in [-0.1, -0.05) is 18.2 Å². The number of benzene rings is 2. The fourth-order valence-electron chi connectivity index (χ4n) is 5.84. The standard InChI is InChI=1S/C26H26FN3O5/c1-25(2,3)30-21(31)18-19(22(30)32)26(4)23(33)28(16-8-6-7-15(27)13-16)24(34)29(26)20(18)14-9-11-17(35-5)12-10-14/h6-13,18-20H,1-5H3/t18-,19-,20-,26-/m1/s1. The van der Waals surface area contributed by atoms with E-state index in [0.29, 0.717) is 11.3 Å². The number of ether oxygens (including phenoxy) is 1. The summed E-state index contributed by atoms with van der Waals surface area (Å²) in [6.07, 6.45) is 0. The predicted octanol–water partition coefficient (Wildman–Crippen LogP) is 3.52. The Labute approximate surface area is 202 Å². The second kappa shape index (κ2) is 7.37. The SMILES string of the molecule is COc1ccc([C@@H]2[C@@H]3C(=O)N(C(C)(C)C)C(=O)[C@@H]3[C@]3(C)C(=O)N(c4cccc(F)c4)C(=O)N23)cc1. The molecule has 0 aromatic heterocycles. The molecule has 3 saturated heterocycles. The summed E-state index contributed by atoms with van der Waals surface area (Å²) in [5.74, 6) is -3.58. The maximum absolute atomic E-state index is 14.0. The van der Waals surface area contributed by atoms with Gasteiger partial charge in [0, 0.05) is 5.54 Å². The van der Waals surface area contributed by atoms with E-state index in [-0.39, 0.29) is 5.69 Å². The number of likely N-dealkylation sites (tertiary alicyclic amines) is 1. The summed E-state index contributed by atoms with van der Waals surface area (Å²) < 4.78 is 19.2. The predicted molar refractivity (Wildman–Crippen MR) is 124 cm³/mol. The molecule has 0 spiro atoms. The molecule has 0 unspecified atom stereocenters. The van der Waals surface area contributed by atoms with E-state index in [9.17, 15) is 23.6 Å². The van der Waals surface area contributed by atoms with Crippen molar-refractivity contribution in [3.8, 4) is 5.75 Å². The molecule has 3 aliphatic rings. The molecule has 0 saturated carbocycles. The highest BCUT2D eigenvalue weighted by atomic mass is 19.1. The smallest absolute Gasteiger partial charge is 0.332 e. The van der Waals surface area contributed by atoms with Gasteiger partial charge in [0.1, 0.15) is 17.1 Å². The zero-order chi connectivity index (χ0) is 25.4. The van der Waals surface area contributed by atoms with E-state index in [1.165, 1.54) is 42.0 Å². The summed E-state index contributed by atoms with van der Waals surface area (Å²) >= 11 is 0. The maximum Gasteiger partial charge on any atom is 0.332 e. The number of hydrogen-bond donors (Lipinski definition) is 0. The van der Waals surface area contributed by atoms with Gasteiger partial charge in [-0.15, -0.1) is 0 Å². The minimum absolute atomic E-state index is 0.0742. The molecule has 5 rings (SSSR count). The molecule has 182 valence electrons. The number of urea groups is 1. The van der Waals surface area contributed by atoms with Gasteiger partial charge in [-0.2, -0.15) is 0 Å². The molecule has 0 N–H and O–H groups in total. The van der Waals surface area contributed by atoms with Gasteiger partial charge in [0.15, 0.2) is 0 Å². The number of carbonyl (C=O) groups excluding carboxylic acids is 4. The van der Waals surface area contributed by atoms with Crippen LogP contribution in [0.2, 0.25) is 0 Å². The lowest BCUT2D eigenvalue weighted by Crippen LogP contribution is -2.54. The highest BCUT2D eigenvalue weighted by Crippen LogP contribution is 2.59. The average Bonchev–Trinajstić information content (AvgIpc) is 3.30. The van der Waals surface area contributed by atoms with Crippen molar-refractivity contribution in [2.75, 3.05) is 12.0 Å². The van der Waals surface area contributed by atoms with E-state index in [1.807, 2.05) is 0 Å². The Kier molecular flexibility index (Phi) is 4.85. The monoisotopic (exact) mass is 479 g/mol. The molecule has 0 aliphatic carbocycles. The van der Waals surface area contributed by atoms with Crippen LogP contribution in [0, 0.1) is 17.7 Å². The van der Waals surface area contributed by atoms with Crippen molar-refractivity contribution in [1.82, 2.24) is 9.80 Å². The lowest BCUT2D eigenvalue weighted by Gasteiger charge is -2.36. The maximum atomic E-state index is 14.0. The molecule has 0 bridgehead atoms. The number of imide groups is 2. The van der Waals surface area contributed by atoms with Crippen LogP contribution >= 0.6 is 0 Å². The van der Waals surface area contributed by atoms with E-state index in [4.69, 9.17) is 4.74 Å². The highest BCUT2D eigenvalue weighted by Gasteiger charge is 2.76. The number of methoxy groups -OCH3 is 1. The quantitative estimate of drug-likeness (QED) is 0.497. The Morgan fingerprint density at radius 1 is 0.971 bits per heavy atom. The first-order chi connectivity index (χ1) is 16.4. The lowest BCUT2D eigenvalue weighted by atomic mass is 9.79. The summed E-state index contributed by atoms with van der Waals surface area (Å²) in [5.41, 5.74) is -1.75. The third kappa shape index (κ3) is 2.96. The van der Waals surface area contributed by atoms with Crippen LogP contribution in [0.1, 0.15) is 39.3 Å². The van der Waals surface area contributed by atoms with Gasteiger partial charge in [-0.3, -0.25) is 19.3 Å². The molecule has 35 heavy (non-hydrogen) atoms. The van der Waals surface area contributed by atoms with Crippen LogP contribution in [-0.4, -0.2) is 51.7 Å². The van der Waals surface area contributed by atoms with Crippen LogP contribution in [0.5, 0.6) is 5.75 Å². The molecular weight excluding hydrogens is 453 g/mol. The van der Waals surface area contributed by atoms with Gasteiger partial charge in [0.2, 0.25) is 11.8 Å². The average molecular weight is 480 g/mol. The van der Waals surface area contributed by atoms with Gasteiger partial charge in [0.25, 0.3) is 5.91 Å². The van der Waals surface area contributed by atoms with Gasteiger partial charge in [-0.25, -0.2) is 14.1 Å². The molecular formula is C26H26FN3O5. The van der Waals surface area contributed by atoms with Crippen molar-refractivity contribution in [2.24, 2.45) is 11.8 Å². The van der Waals surface area contributed by atoms with Crippen molar-refractivity contribution in [3.63, 3.8) is 0 Å². The van der Waals surface area contributed by atoms with E-state index in [0.717, 1.165) is 11.0 Å². The van der Waals surface area contributed by atoms with Crippen molar-refractivity contribution in [1.29, 1.82) is 0 Å². The van der Waals surface area contributed by atoms with Crippen molar-refractivity contribution in [2.45, 2.75) is 44.8 Å². The third-order valence-corrected chi connectivity index (χ3v) is 7.30. The summed E-state index contributed by atoms with van der Waals surface area (Å²) in [6.45, 7) is 6.80. The fraction of sp³-hybridized carbons (Fsp3) is 0.385. The molecule has 2 aromatic carbocycles. The minimum Gasteiger partial charge on any atom is -0.497 e. The Balaban J connectivity index is 1.71. The Morgan fingerprint density at radius 2 is 1.63 bits per heavy atom. The Morgan fingerprint density at radius 3 is 2.20 bits per heavy atom. The largest absolute Gasteiger partial charge is 0.497 e. The molecule has 5 amide bonds. The lowest BCUT2D eigenvalue weighted by molar-refractivity contribution is -0.148. The second-order valence-electron chi connectivity index (χ2n) is 10.3. The highest BCUT2D eigenvalue weighted by molar-refractivity contribution is 6.26. The number of rotatable bonds is 3. The van der Waals surface area contributed by atoms with E-state index in [1.54, 1.807) is 45.0 Å². The van der Waals surface area contributed by atoms with Gasteiger partial charge < -0.3 is 9.64 Å². The van der Waals surface area contributed by atoms with Crippen molar-refractivity contribution >= 4 is 29.4 Å². The van der Waals surface area contributed by atoms with E-state index in [2.05, 4.69) is 0 Å². The van der Waals surface area contributed by atoms with Gasteiger partial charge in [-0.05, 0) is 63.6 Å². The molecule has 3 heterocycles. The first-order valence-corrected chi connectivity index (χ1v) is 11.4. The van der Waals surface area contributed by atoms with Crippen LogP contribution < -0.4 is 9.64 Å². The number of carbonyl (C=O) groups is 4. The number of halogens is 1. The summed E-state index contributed by atoms with van der Waals surface area (Å²) in [5, 5.41) is 0. The number of anilines is 1. The summed E-state index contributed by atoms with van der Waals surface area (Å²) in [7, 11) is 1.53. The Bertz CT molecular complexity index is 1270. The number of fused-ring (bicyclic) bond motifs is 3. The zero-order valence-corrected chi connectivity index (χ0v) is 20.1. The topological polar surface area (TPSA) is 87.2 Å². The Hall–Kier alpha value is -3.75. The van der Waals surface area contributed by atoms with Gasteiger partial charge >= 0.3 is 6.03 Å². The molecule has 8 nitrogen and oxygen atoms in total. The second-order valence-corrected chi connectivity index (χ2v) is 10.3. The number of nitrogens with zero attached hydrogens (tertiary/aromatic N) is 3. The molecule has 3 fully saturated rings. The minimum atomic E-state index is -1.62. The summed E-state index contributed by atoms with van der Waals surface area (Å²) in [4.78, 5) is 58.6. The van der Waals surface area contributed by atoms with Crippen LogP contribution in [0.3, 0.4) is 0 Å². The van der Waals surface area contributed by atoms with Crippen molar-refractivity contribution in [3.05, 3.63) is 59.9 Å².